The lowest BCUT2D eigenvalue weighted by molar-refractivity contribution is -0.149. The molecule has 1 spiro atoms. The smallest absolute Gasteiger partial charge is 0.410 e. The molecule has 5 aliphatic rings. The first kappa shape index (κ1) is 22.4. The molecule has 6 rings (SSSR count). The number of ether oxygens (including phenoxy) is 2. The summed E-state index contributed by atoms with van der Waals surface area (Å²) in [5, 5.41) is 0. The molecule has 0 unspecified atom stereocenters. The summed E-state index contributed by atoms with van der Waals surface area (Å²) in [5.74, 6) is 3.99. The minimum atomic E-state index is -0.326. The summed E-state index contributed by atoms with van der Waals surface area (Å²) in [6.45, 7) is 6.09. The summed E-state index contributed by atoms with van der Waals surface area (Å²) < 4.78 is 11.4. The number of methoxy groups -OCH3 is 1. The third kappa shape index (κ3) is 3.25. The number of Topliss-reactive ketones (excluding diaryl/α,β-unsaturated/α-hetero) is 1. The van der Waals surface area contributed by atoms with Crippen LogP contribution in [0.5, 0.6) is 5.75 Å². The summed E-state index contributed by atoms with van der Waals surface area (Å²) in [4.78, 5) is 27.5. The van der Waals surface area contributed by atoms with E-state index in [1.807, 2.05) is 29.2 Å². The Hall–Kier alpha value is -2.04. The molecule has 1 aromatic rings. The Bertz CT molecular complexity index is 990. The summed E-state index contributed by atoms with van der Waals surface area (Å²) in [6, 6.07) is 7.95. The predicted octanol–water partition coefficient (Wildman–Crippen LogP) is 6.00. The molecule has 1 saturated heterocycles. The molecule has 34 heavy (non-hydrogen) atoms. The molecule has 1 aliphatic heterocycles. The van der Waals surface area contributed by atoms with E-state index in [0.29, 0.717) is 42.0 Å². The zero-order valence-electron chi connectivity index (χ0n) is 21.0. The van der Waals surface area contributed by atoms with E-state index in [9.17, 15) is 9.59 Å². The molecule has 0 radical (unpaired) electrons. The van der Waals surface area contributed by atoms with Crippen molar-refractivity contribution in [1.29, 1.82) is 0 Å². The minimum Gasteiger partial charge on any atom is -0.497 e. The Kier molecular flexibility index (Phi) is 5.10. The Labute approximate surface area is 203 Å². The zero-order chi connectivity index (χ0) is 23.7. The maximum absolute atomic E-state index is 12.9. The zero-order valence-corrected chi connectivity index (χ0v) is 21.0. The third-order valence-corrected chi connectivity index (χ3v) is 11.1. The van der Waals surface area contributed by atoms with Crippen LogP contribution in [-0.2, 0) is 16.1 Å². The van der Waals surface area contributed by atoms with Crippen molar-refractivity contribution in [1.82, 2.24) is 4.90 Å². The van der Waals surface area contributed by atoms with Crippen molar-refractivity contribution in [3.63, 3.8) is 0 Å². The van der Waals surface area contributed by atoms with E-state index >= 15 is 0 Å². The molecule has 5 nitrogen and oxygen atoms in total. The first-order valence-corrected chi connectivity index (χ1v) is 13.4. The number of nitrogens with zero attached hydrogens (tertiary/aromatic N) is 1. The molecular weight excluding hydrogens is 426 g/mol. The fourth-order valence-corrected chi connectivity index (χ4v) is 9.08. The first-order valence-electron chi connectivity index (χ1n) is 13.4. The van der Waals surface area contributed by atoms with Crippen LogP contribution >= 0.6 is 0 Å². The molecule has 4 saturated carbocycles. The van der Waals surface area contributed by atoms with Gasteiger partial charge in [0.05, 0.1) is 13.7 Å². The van der Waals surface area contributed by atoms with Crippen LogP contribution in [0, 0.1) is 34.5 Å². The van der Waals surface area contributed by atoms with E-state index in [-0.39, 0.29) is 17.1 Å². The largest absolute Gasteiger partial charge is 0.497 e. The highest BCUT2D eigenvalue weighted by molar-refractivity contribution is 5.87. The molecule has 184 valence electrons. The van der Waals surface area contributed by atoms with Crippen LogP contribution in [0.2, 0.25) is 0 Å². The summed E-state index contributed by atoms with van der Waals surface area (Å²) in [6.07, 6.45) is 9.60. The predicted molar refractivity (Wildman–Crippen MR) is 129 cm³/mol. The molecule has 1 aromatic carbocycles. The van der Waals surface area contributed by atoms with Crippen molar-refractivity contribution >= 4 is 11.9 Å². The Balaban J connectivity index is 1.16. The van der Waals surface area contributed by atoms with E-state index in [1.165, 1.54) is 19.3 Å². The first-order chi connectivity index (χ1) is 16.3. The van der Waals surface area contributed by atoms with Crippen LogP contribution in [-0.4, -0.2) is 36.0 Å². The normalized spacial score (nSPS) is 43.3. The van der Waals surface area contributed by atoms with Crippen molar-refractivity contribution in [2.45, 2.75) is 83.8 Å². The summed E-state index contributed by atoms with van der Waals surface area (Å²) in [5.41, 5.74) is 1.04. The second-order valence-electron chi connectivity index (χ2n) is 12.5. The number of benzene rings is 1. The fourth-order valence-electron chi connectivity index (χ4n) is 9.08. The van der Waals surface area contributed by atoms with E-state index in [1.54, 1.807) is 7.11 Å². The van der Waals surface area contributed by atoms with Crippen LogP contribution in [0.1, 0.15) is 77.2 Å². The maximum Gasteiger partial charge on any atom is 0.410 e. The van der Waals surface area contributed by atoms with Gasteiger partial charge in [0.15, 0.2) is 0 Å². The van der Waals surface area contributed by atoms with Crippen LogP contribution in [0.4, 0.5) is 4.79 Å². The van der Waals surface area contributed by atoms with Gasteiger partial charge < -0.3 is 9.47 Å². The van der Waals surface area contributed by atoms with Crippen molar-refractivity contribution in [2.24, 2.45) is 34.5 Å². The Morgan fingerprint density at radius 3 is 2.56 bits per heavy atom. The van der Waals surface area contributed by atoms with Gasteiger partial charge in [-0.25, -0.2) is 4.79 Å². The van der Waals surface area contributed by atoms with E-state index in [4.69, 9.17) is 9.47 Å². The lowest BCUT2D eigenvalue weighted by Crippen LogP contribution is -2.56. The number of fused-ring (bicyclic) bond motifs is 5. The molecule has 0 aromatic heterocycles. The SMILES string of the molecule is COc1ccc(CN2C[C@]3(CC[C@@]4(C)[C@@H](CC[C@@H]5[C@@H]4CC[C@]4(C)C(=O)CC[C@@H]54)C3)OC2=O)cc1. The molecule has 7 atom stereocenters. The molecule has 5 fully saturated rings. The van der Waals surface area contributed by atoms with Crippen molar-refractivity contribution < 1.29 is 19.1 Å². The monoisotopic (exact) mass is 465 g/mol. The van der Waals surface area contributed by atoms with Gasteiger partial charge in [-0.3, -0.25) is 9.69 Å². The van der Waals surface area contributed by atoms with Crippen LogP contribution in [0.15, 0.2) is 24.3 Å². The van der Waals surface area contributed by atoms with E-state index in [0.717, 1.165) is 55.8 Å². The highest BCUT2D eigenvalue weighted by atomic mass is 16.6. The number of amides is 1. The van der Waals surface area contributed by atoms with Gasteiger partial charge in [-0.15, -0.1) is 0 Å². The van der Waals surface area contributed by atoms with Gasteiger partial charge in [0.2, 0.25) is 0 Å². The highest BCUT2D eigenvalue weighted by Gasteiger charge is 2.62. The molecule has 0 bridgehead atoms. The van der Waals surface area contributed by atoms with Crippen LogP contribution in [0.25, 0.3) is 0 Å². The quantitative estimate of drug-likeness (QED) is 0.549. The van der Waals surface area contributed by atoms with Crippen LogP contribution in [0.3, 0.4) is 0 Å². The van der Waals surface area contributed by atoms with Crippen molar-refractivity contribution in [2.75, 3.05) is 13.7 Å². The number of carbonyl (C=O) groups is 2. The number of rotatable bonds is 3. The average Bonchev–Trinajstić information content (AvgIpc) is 3.30. The van der Waals surface area contributed by atoms with Gasteiger partial charge in [-0.2, -0.15) is 0 Å². The second-order valence-corrected chi connectivity index (χ2v) is 12.5. The third-order valence-electron chi connectivity index (χ3n) is 11.1. The lowest BCUT2D eigenvalue weighted by Gasteiger charge is -2.61. The topological polar surface area (TPSA) is 55.8 Å². The van der Waals surface area contributed by atoms with Crippen molar-refractivity contribution in [3.8, 4) is 5.75 Å². The number of hydrogen-bond acceptors (Lipinski definition) is 4. The standard InChI is InChI=1S/C29H39NO4/c1-27-14-15-29(18-30(26(32)34-29)17-19-4-7-21(33-3)8-5-19)16-20(27)6-9-22-23-10-11-25(31)28(23,2)13-12-24(22)27/h4-5,7-8,20,22-24H,6,9-18H2,1-3H3/t20-,22-,23-,24-,27-,28-,29+/m0/s1. The van der Waals surface area contributed by atoms with Gasteiger partial charge in [-0.1, -0.05) is 26.0 Å². The van der Waals surface area contributed by atoms with E-state index < -0.39 is 0 Å². The van der Waals surface area contributed by atoms with Gasteiger partial charge >= 0.3 is 6.09 Å². The fraction of sp³-hybridized carbons (Fsp3) is 0.724. The minimum absolute atomic E-state index is 0.0524. The lowest BCUT2D eigenvalue weighted by atomic mass is 9.44. The molecule has 5 heteroatoms. The van der Waals surface area contributed by atoms with Gasteiger partial charge in [0.25, 0.3) is 0 Å². The van der Waals surface area contributed by atoms with E-state index in [2.05, 4.69) is 13.8 Å². The summed E-state index contributed by atoms with van der Waals surface area (Å²) >= 11 is 0. The van der Waals surface area contributed by atoms with Gasteiger partial charge in [0, 0.05) is 18.4 Å². The van der Waals surface area contributed by atoms with Crippen LogP contribution < -0.4 is 4.74 Å². The molecular formula is C29H39NO4. The van der Waals surface area contributed by atoms with Gasteiger partial charge in [0.1, 0.15) is 17.1 Å². The number of hydrogen-bond donors (Lipinski definition) is 0. The Morgan fingerprint density at radius 1 is 1.00 bits per heavy atom. The second kappa shape index (κ2) is 7.73. The molecule has 0 N–H and O–H groups in total. The number of carbonyl (C=O) groups excluding carboxylic acids is 2. The Morgan fingerprint density at radius 2 is 1.79 bits per heavy atom. The van der Waals surface area contributed by atoms with Gasteiger partial charge in [-0.05, 0) is 98.1 Å². The maximum atomic E-state index is 12.9. The van der Waals surface area contributed by atoms with Crippen molar-refractivity contribution in [3.05, 3.63) is 29.8 Å². The number of ketones is 1. The average molecular weight is 466 g/mol. The molecule has 1 amide bonds. The summed E-state index contributed by atoms with van der Waals surface area (Å²) in [7, 11) is 1.67. The highest BCUT2D eigenvalue weighted by Crippen LogP contribution is 2.66. The molecule has 1 heterocycles. The molecule has 4 aliphatic carbocycles.